The first-order valence-corrected chi connectivity index (χ1v) is 8.96. The highest BCUT2D eigenvalue weighted by Crippen LogP contribution is 2.66. The van der Waals surface area contributed by atoms with Crippen LogP contribution in [0.5, 0.6) is 0 Å². The number of nitrogens with two attached hydrogens (primary N) is 1. The monoisotopic (exact) mass is 315 g/mol. The van der Waals surface area contributed by atoms with Crippen molar-refractivity contribution in [1.29, 1.82) is 0 Å². The van der Waals surface area contributed by atoms with E-state index in [-0.39, 0.29) is 10.8 Å². The molecule has 0 aromatic heterocycles. The van der Waals surface area contributed by atoms with Crippen molar-refractivity contribution < 1.29 is 4.74 Å². The molecule has 4 bridgehead atoms. The fourth-order valence-corrected chi connectivity index (χ4v) is 6.23. The summed E-state index contributed by atoms with van der Waals surface area (Å²) in [7, 11) is 0. The van der Waals surface area contributed by atoms with Crippen LogP contribution in [0, 0.1) is 17.3 Å². The van der Waals surface area contributed by atoms with Crippen LogP contribution in [0.15, 0.2) is 30.3 Å². The number of hydrogen-bond acceptors (Lipinski definition) is 2. The fraction of sp³-hybridized carbons (Fsp3) is 0.632. The molecule has 118 valence electrons. The lowest BCUT2D eigenvalue weighted by atomic mass is 9.42. The van der Waals surface area contributed by atoms with E-state index < -0.39 is 0 Å². The molecule has 5 rings (SSSR count). The molecule has 0 aliphatic heterocycles. The van der Waals surface area contributed by atoms with Gasteiger partial charge in [0.25, 0.3) is 0 Å². The second-order valence-electron chi connectivity index (χ2n) is 7.72. The van der Waals surface area contributed by atoms with Gasteiger partial charge in [0.2, 0.25) is 0 Å². The Hall–Kier alpha value is -0.930. The summed E-state index contributed by atoms with van der Waals surface area (Å²) >= 11 is 5.53. The molecular weight excluding hydrogens is 290 g/mol. The number of thiocarbonyl (C=S) groups is 1. The van der Waals surface area contributed by atoms with E-state index in [0.29, 0.717) is 17.9 Å². The molecule has 0 saturated heterocycles. The van der Waals surface area contributed by atoms with E-state index in [1.165, 1.54) is 18.4 Å². The Balaban J connectivity index is 1.76. The third kappa shape index (κ3) is 1.98. The van der Waals surface area contributed by atoms with E-state index in [4.69, 9.17) is 22.7 Å². The summed E-state index contributed by atoms with van der Waals surface area (Å²) in [6, 6.07) is 11.0. The molecule has 2 atom stereocenters. The quantitative estimate of drug-likeness (QED) is 0.858. The lowest BCUT2D eigenvalue weighted by Crippen LogP contribution is -2.63. The first-order valence-electron chi connectivity index (χ1n) is 8.56. The van der Waals surface area contributed by atoms with E-state index >= 15 is 0 Å². The van der Waals surface area contributed by atoms with E-state index in [1.54, 1.807) is 0 Å². The molecule has 0 amide bonds. The van der Waals surface area contributed by atoms with Crippen molar-refractivity contribution in [1.82, 2.24) is 0 Å². The number of ether oxygens (including phenoxy) is 1. The van der Waals surface area contributed by atoms with Crippen LogP contribution in [0.25, 0.3) is 0 Å². The first-order chi connectivity index (χ1) is 10.6. The van der Waals surface area contributed by atoms with Crippen LogP contribution in [-0.2, 0) is 10.2 Å². The van der Waals surface area contributed by atoms with Gasteiger partial charge in [-0.2, -0.15) is 0 Å². The van der Waals surface area contributed by atoms with Crippen molar-refractivity contribution >= 4 is 17.2 Å². The zero-order valence-corrected chi connectivity index (χ0v) is 14.1. The van der Waals surface area contributed by atoms with Crippen LogP contribution in [0.3, 0.4) is 0 Å². The highest BCUT2D eigenvalue weighted by molar-refractivity contribution is 7.80. The Morgan fingerprint density at radius 1 is 1.18 bits per heavy atom. The third-order valence-electron chi connectivity index (χ3n) is 6.49. The van der Waals surface area contributed by atoms with Gasteiger partial charge in [0, 0.05) is 12.0 Å². The standard InChI is InChI=1S/C19H25NOS/c1-2-21-16-13-8-18(15-6-4-3-5-7-15)9-14(16)11-19(10-13,12-18)17(20)22/h3-7,13-14,16H,2,8-12H2,1H3,(H2,20,22). The van der Waals surface area contributed by atoms with Crippen molar-refractivity contribution in [2.45, 2.75) is 50.5 Å². The average molecular weight is 315 g/mol. The summed E-state index contributed by atoms with van der Waals surface area (Å²) in [5.41, 5.74) is 8.07. The summed E-state index contributed by atoms with van der Waals surface area (Å²) in [5, 5.41) is 0. The Morgan fingerprint density at radius 2 is 1.82 bits per heavy atom. The van der Waals surface area contributed by atoms with Crippen molar-refractivity contribution in [3.8, 4) is 0 Å². The molecule has 4 aliphatic rings. The number of hydrogen-bond donors (Lipinski definition) is 1. The molecule has 2 nitrogen and oxygen atoms in total. The first kappa shape index (κ1) is 14.6. The number of benzene rings is 1. The maximum atomic E-state index is 6.24. The molecule has 0 heterocycles. The van der Waals surface area contributed by atoms with Gasteiger partial charge >= 0.3 is 0 Å². The minimum atomic E-state index is 0.0740. The third-order valence-corrected chi connectivity index (χ3v) is 6.92. The summed E-state index contributed by atoms with van der Waals surface area (Å²) in [5.74, 6) is 1.23. The van der Waals surface area contributed by atoms with E-state index in [1.807, 2.05) is 0 Å². The molecule has 1 aromatic rings. The minimum absolute atomic E-state index is 0.0740. The fourth-order valence-electron chi connectivity index (χ4n) is 5.99. The maximum absolute atomic E-state index is 6.24. The lowest BCUT2D eigenvalue weighted by Gasteiger charge is -2.64. The van der Waals surface area contributed by atoms with Crippen LogP contribution in [0.2, 0.25) is 0 Å². The van der Waals surface area contributed by atoms with Crippen molar-refractivity contribution in [3.05, 3.63) is 35.9 Å². The molecule has 1 aromatic carbocycles. The largest absolute Gasteiger partial charge is 0.393 e. The summed E-state index contributed by atoms with van der Waals surface area (Å²) in [6.45, 7) is 2.93. The maximum Gasteiger partial charge on any atom is 0.0790 e. The van der Waals surface area contributed by atoms with E-state index in [0.717, 1.165) is 30.9 Å². The summed E-state index contributed by atoms with van der Waals surface area (Å²) in [4.78, 5) is 0.747. The van der Waals surface area contributed by atoms with Crippen LogP contribution in [-0.4, -0.2) is 17.7 Å². The Bertz CT molecular complexity index is 568. The number of rotatable bonds is 4. The van der Waals surface area contributed by atoms with Gasteiger partial charge in [0.05, 0.1) is 11.1 Å². The smallest absolute Gasteiger partial charge is 0.0790 e. The topological polar surface area (TPSA) is 35.2 Å². The molecule has 3 heteroatoms. The Morgan fingerprint density at radius 3 is 2.36 bits per heavy atom. The molecule has 4 saturated carbocycles. The van der Waals surface area contributed by atoms with Crippen molar-refractivity contribution in [2.75, 3.05) is 6.61 Å². The molecule has 2 unspecified atom stereocenters. The van der Waals surface area contributed by atoms with Crippen LogP contribution in [0.1, 0.15) is 44.6 Å². The zero-order valence-electron chi connectivity index (χ0n) is 13.3. The second kappa shape index (κ2) is 5.04. The highest BCUT2D eigenvalue weighted by Gasteiger charge is 2.62. The predicted octanol–water partition coefficient (Wildman–Crippen LogP) is 3.83. The van der Waals surface area contributed by atoms with Crippen LogP contribution < -0.4 is 5.73 Å². The van der Waals surface area contributed by atoms with Gasteiger partial charge in [0.15, 0.2) is 0 Å². The second-order valence-corrected chi connectivity index (χ2v) is 8.16. The van der Waals surface area contributed by atoms with Crippen LogP contribution in [0.4, 0.5) is 0 Å². The van der Waals surface area contributed by atoms with Crippen LogP contribution >= 0.6 is 12.2 Å². The molecule has 0 spiro atoms. The van der Waals surface area contributed by atoms with Gasteiger partial charge in [-0.15, -0.1) is 0 Å². The van der Waals surface area contributed by atoms with Crippen molar-refractivity contribution in [3.63, 3.8) is 0 Å². The van der Waals surface area contributed by atoms with E-state index in [9.17, 15) is 0 Å². The Kier molecular flexibility index (Phi) is 3.35. The molecule has 4 aliphatic carbocycles. The van der Waals surface area contributed by atoms with Gasteiger partial charge < -0.3 is 10.5 Å². The van der Waals surface area contributed by atoms with E-state index in [2.05, 4.69) is 37.3 Å². The molecule has 0 radical (unpaired) electrons. The zero-order chi connectivity index (χ0) is 15.4. The summed E-state index contributed by atoms with van der Waals surface area (Å²) < 4.78 is 6.14. The Labute approximate surface area is 138 Å². The highest BCUT2D eigenvalue weighted by atomic mass is 32.1. The molecule has 4 fully saturated rings. The minimum Gasteiger partial charge on any atom is -0.393 e. The normalized spacial score (nSPS) is 42.5. The summed E-state index contributed by atoms with van der Waals surface area (Å²) in [6.07, 6.45) is 6.32. The van der Waals surface area contributed by atoms with Gasteiger partial charge in [0.1, 0.15) is 0 Å². The molecule has 2 N–H and O–H groups in total. The van der Waals surface area contributed by atoms with Gasteiger partial charge in [-0.05, 0) is 61.8 Å². The average Bonchev–Trinajstić information content (AvgIpc) is 2.51. The lowest BCUT2D eigenvalue weighted by molar-refractivity contribution is -0.148. The predicted molar refractivity (Wildman–Crippen MR) is 92.8 cm³/mol. The molecular formula is C19H25NOS. The van der Waals surface area contributed by atoms with Gasteiger partial charge in [-0.25, -0.2) is 0 Å². The van der Waals surface area contributed by atoms with Gasteiger partial charge in [-0.1, -0.05) is 42.5 Å². The SMILES string of the molecule is CCOC1C2CC3(C(N)=S)CC1CC(c1ccccc1)(C2)C3. The van der Waals surface area contributed by atoms with Gasteiger partial charge in [-0.3, -0.25) is 0 Å². The van der Waals surface area contributed by atoms with Crippen molar-refractivity contribution in [2.24, 2.45) is 23.0 Å². The molecule has 22 heavy (non-hydrogen) atoms.